The molecule has 3 aromatic carbocycles. The van der Waals surface area contributed by atoms with Crippen LogP contribution in [0.3, 0.4) is 0 Å². The summed E-state index contributed by atoms with van der Waals surface area (Å²) in [5.41, 5.74) is 2.18. The van der Waals surface area contributed by atoms with Crippen molar-refractivity contribution in [2.75, 3.05) is 18.5 Å². The molecule has 0 aliphatic carbocycles. The number of benzene rings is 3. The molecule has 4 rings (SSSR count). The Morgan fingerprint density at radius 3 is 2.50 bits per heavy atom. The van der Waals surface area contributed by atoms with Gasteiger partial charge in [0.15, 0.2) is 17.6 Å². The molecule has 0 saturated heterocycles. The van der Waals surface area contributed by atoms with Crippen molar-refractivity contribution in [1.29, 1.82) is 0 Å². The summed E-state index contributed by atoms with van der Waals surface area (Å²) in [5, 5.41) is 11.6. The number of ether oxygens (including phenoxy) is 3. The van der Waals surface area contributed by atoms with Crippen LogP contribution in [0.25, 0.3) is 0 Å². The lowest BCUT2D eigenvalue weighted by molar-refractivity contribution is -0.136. The number of hydrogen-bond donors (Lipinski definition) is 2. The van der Waals surface area contributed by atoms with Gasteiger partial charge < -0.3 is 24.6 Å². The highest BCUT2D eigenvalue weighted by atomic mass is 19.1. The first-order valence-electron chi connectivity index (χ1n) is 10.7. The van der Waals surface area contributed by atoms with Gasteiger partial charge in [-0.1, -0.05) is 12.1 Å². The molecule has 0 fully saturated rings. The average molecular weight is 465 g/mol. The van der Waals surface area contributed by atoms with E-state index in [0.717, 1.165) is 6.07 Å². The first-order chi connectivity index (χ1) is 16.3. The molecule has 0 bridgehead atoms. The molecule has 0 aromatic heterocycles. The minimum absolute atomic E-state index is 0.000901. The highest BCUT2D eigenvalue weighted by molar-refractivity contribution is 6.06. The van der Waals surface area contributed by atoms with Gasteiger partial charge in [0.1, 0.15) is 24.8 Å². The molecule has 2 N–H and O–H groups in total. The van der Waals surface area contributed by atoms with Crippen LogP contribution in [-0.2, 0) is 11.2 Å². The predicted octanol–water partition coefficient (Wildman–Crippen LogP) is 4.54. The predicted molar refractivity (Wildman–Crippen MR) is 123 cm³/mol. The van der Waals surface area contributed by atoms with Gasteiger partial charge in [0.25, 0.3) is 5.91 Å². The van der Waals surface area contributed by atoms with Crippen LogP contribution >= 0.6 is 0 Å². The summed E-state index contributed by atoms with van der Waals surface area (Å²) in [6, 6.07) is 14.8. The van der Waals surface area contributed by atoms with Crippen LogP contribution in [0.4, 0.5) is 10.1 Å². The summed E-state index contributed by atoms with van der Waals surface area (Å²) >= 11 is 0. The van der Waals surface area contributed by atoms with Gasteiger partial charge in [0.05, 0.1) is 6.42 Å². The molecule has 8 heteroatoms. The number of carbonyl (C=O) groups excluding carboxylic acids is 1. The van der Waals surface area contributed by atoms with Gasteiger partial charge in [-0.15, -0.1) is 0 Å². The number of halogens is 1. The molecule has 0 saturated carbocycles. The number of anilines is 1. The highest BCUT2D eigenvalue weighted by Gasteiger charge is 2.22. The Morgan fingerprint density at radius 1 is 1.09 bits per heavy atom. The van der Waals surface area contributed by atoms with Gasteiger partial charge in [-0.3, -0.25) is 9.59 Å². The minimum atomic E-state index is -1.15. The van der Waals surface area contributed by atoms with E-state index in [-0.39, 0.29) is 24.2 Å². The molecule has 7 nitrogen and oxygen atoms in total. The van der Waals surface area contributed by atoms with Crippen LogP contribution in [0.15, 0.2) is 54.6 Å². The summed E-state index contributed by atoms with van der Waals surface area (Å²) in [6.45, 7) is 4.25. The van der Waals surface area contributed by atoms with Crippen LogP contribution in [-0.4, -0.2) is 36.3 Å². The van der Waals surface area contributed by atoms with Gasteiger partial charge in [0, 0.05) is 16.8 Å². The van der Waals surface area contributed by atoms with E-state index in [0.29, 0.717) is 46.2 Å². The first-order valence-corrected chi connectivity index (χ1v) is 10.7. The van der Waals surface area contributed by atoms with E-state index < -0.39 is 18.2 Å². The number of carboxylic acids is 1. The number of para-hydroxylation sites is 2. The molecule has 0 radical (unpaired) electrons. The second-order valence-electron chi connectivity index (χ2n) is 8.07. The average Bonchev–Trinajstić information content (AvgIpc) is 2.79. The fourth-order valence-corrected chi connectivity index (χ4v) is 3.84. The van der Waals surface area contributed by atoms with Crippen molar-refractivity contribution in [1.82, 2.24) is 0 Å². The van der Waals surface area contributed by atoms with Crippen molar-refractivity contribution < 1.29 is 33.3 Å². The van der Waals surface area contributed by atoms with Crippen molar-refractivity contribution in [3.63, 3.8) is 0 Å². The third kappa shape index (κ3) is 5.28. The Balaban J connectivity index is 1.42. The van der Waals surface area contributed by atoms with Crippen LogP contribution in [0, 0.1) is 19.7 Å². The zero-order valence-electron chi connectivity index (χ0n) is 18.8. The molecule has 176 valence electrons. The highest BCUT2D eigenvalue weighted by Crippen LogP contribution is 2.31. The van der Waals surface area contributed by atoms with Gasteiger partial charge >= 0.3 is 5.97 Å². The molecule has 34 heavy (non-hydrogen) atoms. The maximum Gasteiger partial charge on any atom is 0.307 e. The Kier molecular flexibility index (Phi) is 6.67. The van der Waals surface area contributed by atoms with Gasteiger partial charge in [-0.05, 0) is 67.4 Å². The van der Waals surface area contributed by atoms with Crippen molar-refractivity contribution in [2.45, 2.75) is 26.4 Å². The molecule has 1 amide bonds. The van der Waals surface area contributed by atoms with Crippen LogP contribution in [0.1, 0.15) is 27.0 Å². The number of fused-ring (bicyclic) bond motifs is 1. The summed E-state index contributed by atoms with van der Waals surface area (Å²) in [5.74, 6) is -0.190. The Labute approximate surface area is 196 Å². The van der Waals surface area contributed by atoms with Crippen LogP contribution < -0.4 is 19.5 Å². The van der Waals surface area contributed by atoms with Crippen molar-refractivity contribution in [2.24, 2.45) is 0 Å². The summed E-state index contributed by atoms with van der Waals surface area (Å²) < 4.78 is 31.4. The second-order valence-corrected chi connectivity index (χ2v) is 8.07. The third-order valence-electron chi connectivity index (χ3n) is 5.38. The molecular formula is C26H24FNO6. The maximum absolute atomic E-state index is 13.8. The number of nitrogens with one attached hydrogen (secondary N) is 1. The van der Waals surface area contributed by atoms with E-state index in [1.807, 2.05) is 24.3 Å². The quantitative estimate of drug-likeness (QED) is 0.532. The Morgan fingerprint density at radius 2 is 1.79 bits per heavy atom. The number of aryl methyl sites for hydroxylation is 2. The number of carbonyl (C=O) groups is 2. The maximum atomic E-state index is 13.8. The Bertz CT molecular complexity index is 1220. The van der Waals surface area contributed by atoms with Crippen LogP contribution in [0.5, 0.6) is 17.2 Å². The van der Waals surface area contributed by atoms with E-state index in [9.17, 15) is 14.0 Å². The van der Waals surface area contributed by atoms with Crippen LogP contribution in [0.2, 0.25) is 0 Å². The van der Waals surface area contributed by atoms with Crippen molar-refractivity contribution in [3.05, 3.63) is 82.7 Å². The number of rotatable bonds is 7. The molecule has 0 unspecified atom stereocenters. The SMILES string of the molecule is Cc1cc(OC[C@@H]2COc3ccccc3O2)cc(C)c1C(=O)Nc1ccc(F)c(CC(=O)O)c1. The topological polar surface area (TPSA) is 94.1 Å². The fraction of sp³-hybridized carbons (Fsp3) is 0.231. The van der Waals surface area contributed by atoms with E-state index in [1.165, 1.54) is 12.1 Å². The molecule has 1 aliphatic rings. The molecule has 0 spiro atoms. The molecule has 1 heterocycles. The van der Waals surface area contributed by atoms with Gasteiger partial charge in [-0.25, -0.2) is 4.39 Å². The van der Waals surface area contributed by atoms with Crippen molar-refractivity contribution in [3.8, 4) is 17.2 Å². The lowest BCUT2D eigenvalue weighted by atomic mass is 10.0. The monoisotopic (exact) mass is 465 g/mol. The van der Waals surface area contributed by atoms with Crippen molar-refractivity contribution >= 4 is 17.6 Å². The van der Waals surface area contributed by atoms with Gasteiger partial charge in [-0.2, -0.15) is 0 Å². The summed E-state index contributed by atoms with van der Waals surface area (Å²) in [4.78, 5) is 23.8. The molecule has 1 atom stereocenters. The van der Waals surface area contributed by atoms with E-state index in [2.05, 4.69) is 5.32 Å². The second kappa shape index (κ2) is 9.82. The zero-order chi connectivity index (χ0) is 24.2. The lowest BCUT2D eigenvalue weighted by Gasteiger charge is -2.26. The zero-order valence-corrected chi connectivity index (χ0v) is 18.8. The standard InChI is InChI=1S/C26H24FNO6/c1-15-9-19(32-13-20-14-33-22-5-3-4-6-23(22)34-20)10-16(2)25(15)26(31)28-18-7-8-21(27)17(11-18)12-24(29)30/h3-11,20H,12-14H2,1-2H3,(H,28,31)(H,29,30)/t20-/m1/s1. The fourth-order valence-electron chi connectivity index (χ4n) is 3.84. The molecule has 3 aromatic rings. The lowest BCUT2D eigenvalue weighted by Crippen LogP contribution is -2.34. The number of aliphatic carboxylic acids is 1. The number of amides is 1. The first kappa shape index (κ1) is 23.1. The number of carboxylic acid groups (broad SMARTS) is 1. The molecular weight excluding hydrogens is 441 g/mol. The van der Waals surface area contributed by atoms with E-state index >= 15 is 0 Å². The summed E-state index contributed by atoms with van der Waals surface area (Å²) in [7, 11) is 0. The number of hydrogen-bond acceptors (Lipinski definition) is 5. The minimum Gasteiger partial charge on any atom is -0.490 e. The van der Waals surface area contributed by atoms with E-state index in [1.54, 1.807) is 26.0 Å². The Hall–Kier alpha value is -4.07. The summed E-state index contributed by atoms with van der Waals surface area (Å²) in [6.07, 6.45) is -0.738. The molecule has 1 aliphatic heterocycles. The normalized spacial score (nSPS) is 14.4. The largest absolute Gasteiger partial charge is 0.490 e. The van der Waals surface area contributed by atoms with Gasteiger partial charge in [0.2, 0.25) is 0 Å². The third-order valence-corrected chi connectivity index (χ3v) is 5.38. The smallest absolute Gasteiger partial charge is 0.307 e. The van der Waals surface area contributed by atoms with E-state index in [4.69, 9.17) is 19.3 Å².